The van der Waals surface area contributed by atoms with Crippen molar-refractivity contribution in [3.63, 3.8) is 0 Å². The third-order valence-corrected chi connectivity index (χ3v) is 9.78. The zero-order chi connectivity index (χ0) is 38.5. The van der Waals surface area contributed by atoms with Gasteiger partial charge in [0.15, 0.2) is 5.78 Å². The van der Waals surface area contributed by atoms with Crippen LogP contribution in [0.4, 0.5) is 4.79 Å². The van der Waals surface area contributed by atoms with Crippen molar-refractivity contribution in [2.24, 2.45) is 11.8 Å². The molecule has 2 aliphatic heterocycles. The molecule has 15 nitrogen and oxygen atoms in total. The van der Waals surface area contributed by atoms with E-state index in [0.717, 1.165) is 16.9 Å². The average molecular weight is 756 g/mol. The molecule has 2 aromatic rings. The number of piperazine rings is 1. The van der Waals surface area contributed by atoms with Crippen molar-refractivity contribution >= 4 is 46.8 Å². The van der Waals surface area contributed by atoms with Crippen LogP contribution in [-0.4, -0.2) is 108 Å². The van der Waals surface area contributed by atoms with Crippen LogP contribution in [0.1, 0.15) is 64.3 Å². The number of Topliss-reactive ketones (excluding diaryl/α,β-unsaturated/α-hetero) is 1. The predicted octanol–water partition coefficient (Wildman–Crippen LogP) is 1.74. The lowest BCUT2D eigenvalue weighted by molar-refractivity contribution is -0.134. The Balaban J connectivity index is 1.35. The molecule has 53 heavy (non-hydrogen) atoms. The number of ketones is 1. The van der Waals surface area contributed by atoms with Gasteiger partial charge in [-0.1, -0.05) is 69.4 Å². The molecule has 0 bridgehead atoms. The Kier molecular flexibility index (Phi) is 15.3. The number of thiazole rings is 1. The maximum atomic E-state index is 13.8. The first-order valence-corrected chi connectivity index (χ1v) is 19.0. The summed E-state index contributed by atoms with van der Waals surface area (Å²) in [5, 5.41) is 14.3. The van der Waals surface area contributed by atoms with Crippen molar-refractivity contribution in [1.82, 2.24) is 36.5 Å². The summed E-state index contributed by atoms with van der Waals surface area (Å²) in [7, 11) is 0. The van der Waals surface area contributed by atoms with Gasteiger partial charge in [-0.3, -0.25) is 24.0 Å². The van der Waals surface area contributed by atoms with Crippen LogP contribution in [0.3, 0.4) is 0 Å². The molecule has 290 valence electrons. The molecule has 4 atom stereocenters. The molecule has 0 spiro atoms. The fourth-order valence-electron chi connectivity index (χ4n) is 5.74. The highest BCUT2D eigenvalue weighted by Gasteiger charge is 2.50. The van der Waals surface area contributed by atoms with Gasteiger partial charge in [0.1, 0.15) is 17.7 Å². The Morgan fingerprint density at radius 2 is 1.57 bits per heavy atom. The zero-order valence-corrected chi connectivity index (χ0v) is 32.0. The van der Waals surface area contributed by atoms with E-state index in [1.54, 1.807) is 11.8 Å². The van der Waals surface area contributed by atoms with Crippen molar-refractivity contribution in [2.75, 3.05) is 39.3 Å². The SMILES string of the molecule is CC(C)CCC(NC(=O)C(Cc1ccccc1)NC(=O)C(CC(C)C)NC(=O)CNC(=O)Cc1cnc(OC(=O)N2CCNCC2)s1)C(=O)C1(C)CO1. The van der Waals surface area contributed by atoms with Crippen molar-refractivity contribution in [2.45, 2.75) is 90.4 Å². The highest BCUT2D eigenvalue weighted by Crippen LogP contribution is 2.29. The number of hydrogen-bond acceptors (Lipinski definition) is 11. The molecule has 1 aromatic heterocycles. The van der Waals surface area contributed by atoms with Crippen LogP contribution in [-0.2, 0) is 41.6 Å². The van der Waals surface area contributed by atoms with E-state index >= 15 is 0 Å². The fourth-order valence-corrected chi connectivity index (χ4v) is 6.50. The summed E-state index contributed by atoms with van der Waals surface area (Å²) in [4.78, 5) is 85.1. The maximum absolute atomic E-state index is 13.8. The van der Waals surface area contributed by atoms with Crippen LogP contribution >= 0.6 is 11.3 Å². The highest BCUT2D eigenvalue weighted by atomic mass is 32.1. The number of ether oxygens (including phenoxy) is 2. The molecule has 4 unspecified atom stereocenters. The standard InChI is InChI=1S/C37H53N7O8S/c1-23(2)11-12-27(32(47)37(5)22-51-37)42-34(49)29(18-25-9-7-6-8-10-25)43-33(48)28(17-24(3)4)41-31(46)21-39-30(45)19-26-20-40-35(53-26)52-36(50)44-15-13-38-14-16-44/h6-10,20,23-24,27-29,38H,11-19,21-22H2,1-5H3,(H,39,45)(H,41,46)(H,42,49)(H,43,48). The van der Waals surface area contributed by atoms with Gasteiger partial charge in [-0.15, -0.1) is 0 Å². The molecule has 5 N–H and O–H groups in total. The molecular weight excluding hydrogens is 703 g/mol. The number of hydrogen-bond donors (Lipinski definition) is 5. The van der Waals surface area contributed by atoms with Crippen LogP contribution in [0, 0.1) is 11.8 Å². The van der Waals surface area contributed by atoms with E-state index in [4.69, 9.17) is 9.47 Å². The topological polar surface area (TPSA) is 200 Å². The monoisotopic (exact) mass is 755 g/mol. The molecule has 16 heteroatoms. The molecule has 0 radical (unpaired) electrons. The largest absolute Gasteiger partial charge is 0.417 e. The molecular formula is C37H53N7O8S. The molecule has 0 saturated carbocycles. The summed E-state index contributed by atoms with van der Waals surface area (Å²) in [5.41, 5.74) is -0.133. The first-order chi connectivity index (χ1) is 25.2. The van der Waals surface area contributed by atoms with Gasteiger partial charge in [0.2, 0.25) is 23.6 Å². The Morgan fingerprint density at radius 1 is 0.906 bits per heavy atom. The first-order valence-electron chi connectivity index (χ1n) is 18.2. The minimum Gasteiger partial charge on any atom is -0.381 e. The van der Waals surface area contributed by atoms with Crippen LogP contribution < -0.4 is 31.3 Å². The Bertz CT molecular complexity index is 1570. The van der Waals surface area contributed by atoms with Crippen LogP contribution in [0.5, 0.6) is 5.19 Å². The Morgan fingerprint density at radius 3 is 2.21 bits per heavy atom. The Labute approximate surface area is 314 Å². The van der Waals surface area contributed by atoms with Crippen molar-refractivity contribution in [1.29, 1.82) is 0 Å². The number of epoxide rings is 1. The number of amides is 5. The van der Waals surface area contributed by atoms with E-state index in [1.807, 2.05) is 58.0 Å². The summed E-state index contributed by atoms with van der Waals surface area (Å²) in [6.07, 6.45) is 2.42. The number of benzene rings is 1. The normalized spacial score (nSPS) is 18.4. The van der Waals surface area contributed by atoms with Gasteiger partial charge >= 0.3 is 6.09 Å². The second-order valence-electron chi connectivity index (χ2n) is 14.6. The van der Waals surface area contributed by atoms with Crippen LogP contribution in [0.2, 0.25) is 0 Å². The van der Waals surface area contributed by atoms with Gasteiger partial charge < -0.3 is 41.0 Å². The van der Waals surface area contributed by atoms with Gasteiger partial charge in [0, 0.05) is 43.7 Å². The lowest BCUT2D eigenvalue weighted by Gasteiger charge is -2.27. The van der Waals surface area contributed by atoms with Crippen LogP contribution in [0.15, 0.2) is 36.5 Å². The van der Waals surface area contributed by atoms with Crippen molar-refractivity contribution < 1.29 is 38.2 Å². The molecule has 5 amide bonds. The second kappa shape index (κ2) is 19.6. The summed E-state index contributed by atoms with van der Waals surface area (Å²) >= 11 is 1.06. The molecule has 2 saturated heterocycles. The summed E-state index contributed by atoms with van der Waals surface area (Å²) in [6.45, 7) is 11.9. The third kappa shape index (κ3) is 13.5. The van der Waals surface area contributed by atoms with Gasteiger partial charge in [-0.25, -0.2) is 9.78 Å². The van der Waals surface area contributed by atoms with E-state index in [2.05, 4.69) is 31.6 Å². The number of carbonyl (C=O) groups excluding carboxylic acids is 6. The van der Waals surface area contributed by atoms with Crippen molar-refractivity contribution in [3.8, 4) is 5.19 Å². The van der Waals surface area contributed by atoms with E-state index in [-0.39, 0.29) is 36.2 Å². The summed E-state index contributed by atoms with van der Waals surface area (Å²) in [6, 6.07) is 6.37. The van der Waals surface area contributed by atoms with E-state index in [9.17, 15) is 28.8 Å². The fraction of sp³-hybridized carbons (Fsp3) is 0.595. The molecule has 3 heterocycles. The minimum atomic E-state index is -1.04. The predicted molar refractivity (Wildman–Crippen MR) is 198 cm³/mol. The lowest BCUT2D eigenvalue weighted by atomic mass is 9.93. The molecule has 2 aliphatic rings. The third-order valence-electron chi connectivity index (χ3n) is 8.90. The zero-order valence-electron chi connectivity index (χ0n) is 31.2. The minimum absolute atomic E-state index is 0.000525. The van der Waals surface area contributed by atoms with Crippen molar-refractivity contribution in [3.05, 3.63) is 47.0 Å². The van der Waals surface area contributed by atoms with E-state index in [0.29, 0.717) is 56.4 Å². The first kappa shape index (κ1) is 41.3. The summed E-state index contributed by atoms with van der Waals surface area (Å²) in [5.74, 6) is -2.02. The number of nitrogens with one attached hydrogen (secondary N) is 5. The number of carbonyl (C=O) groups is 6. The molecule has 1 aromatic carbocycles. The number of rotatable bonds is 19. The number of aromatic nitrogens is 1. The van der Waals surface area contributed by atoms with Gasteiger partial charge in [0.25, 0.3) is 5.19 Å². The van der Waals surface area contributed by atoms with Gasteiger partial charge in [0.05, 0.1) is 25.6 Å². The quantitative estimate of drug-likeness (QED) is 0.132. The van der Waals surface area contributed by atoms with Gasteiger partial charge in [-0.2, -0.15) is 0 Å². The maximum Gasteiger partial charge on any atom is 0.417 e. The number of nitrogens with zero attached hydrogens (tertiary/aromatic N) is 2. The smallest absolute Gasteiger partial charge is 0.381 e. The average Bonchev–Trinajstić information content (AvgIpc) is 3.74. The van der Waals surface area contributed by atoms with E-state index < -0.39 is 60.0 Å². The lowest BCUT2D eigenvalue weighted by Crippen LogP contribution is -2.58. The Hall–Kier alpha value is -4.41. The van der Waals surface area contributed by atoms with Crippen LogP contribution in [0.25, 0.3) is 0 Å². The molecule has 4 rings (SSSR count). The van der Waals surface area contributed by atoms with Gasteiger partial charge in [-0.05, 0) is 43.6 Å². The highest BCUT2D eigenvalue weighted by molar-refractivity contribution is 7.13. The molecule has 0 aliphatic carbocycles. The van der Waals surface area contributed by atoms with E-state index in [1.165, 1.54) is 6.20 Å². The molecule has 2 fully saturated rings. The second-order valence-corrected chi connectivity index (χ2v) is 15.6. The summed E-state index contributed by atoms with van der Waals surface area (Å²) < 4.78 is 10.7.